The first-order valence-corrected chi connectivity index (χ1v) is 25.2. The lowest BCUT2D eigenvalue weighted by Gasteiger charge is -2.33. The van der Waals surface area contributed by atoms with E-state index in [-0.39, 0.29) is 0 Å². The molecule has 0 fully saturated rings. The van der Waals surface area contributed by atoms with Crippen molar-refractivity contribution in [2.45, 2.75) is 6.92 Å². The van der Waals surface area contributed by atoms with Crippen LogP contribution in [0.2, 0.25) is 0 Å². The van der Waals surface area contributed by atoms with Crippen molar-refractivity contribution in [3.63, 3.8) is 0 Å². The zero-order valence-electron chi connectivity index (χ0n) is 5.42. The van der Waals surface area contributed by atoms with Crippen LogP contribution in [0.25, 0.3) is 0 Å². The Balaban J connectivity index is 4.43. The maximum atomic E-state index is 2.70. The fourth-order valence-corrected chi connectivity index (χ4v) is 65.4. The molecule has 0 spiro atoms. The van der Waals surface area contributed by atoms with Gasteiger partial charge in [-0.15, -0.1) is 0 Å². The van der Waals surface area contributed by atoms with Crippen LogP contribution in [-0.4, -0.2) is 12.2 Å². The summed E-state index contributed by atoms with van der Waals surface area (Å²) in [6.45, 7) is 3.46. The molecule has 0 aliphatic carbocycles. The van der Waals surface area contributed by atoms with Crippen molar-refractivity contribution < 1.29 is 0 Å². The van der Waals surface area contributed by atoms with Crippen LogP contribution in [0.5, 0.6) is 0 Å². The Hall–Kier alpha value is 4.77. The predicted octanol–water partition coefficient (Wildman–Crippen LogP) is 4.79. The number of halogens is 6. The van der Waals surface area contributed by atoms with Gasteiger partial charge < -0.3 is 0 Å². The summed E-state index contributed by atoms with van der Waals surface area (Å²) in [5.74, 6) is 0. The molecule has 0 saturated carbocycles. The Morgan fingerprint density at radius 3 is 1.18 bits per heavy atom. The molecule has 0 rings (SSSR count). The quantitative estimate of drug-likeness (QED) is 0.225. The molecule has 0 aliphatic rings. The molecule has 0 atom stereocenters. The molecule has 0 aliphatic heterocycles. The second-order valence-electron chi connectivity index (χ2n) is 1.68. The average molecular weight is 861 g/mol. The van der Waals surface area contributed by atoms with Gasteiger partial charge in [0.2, 0.25) is 0 Å². The summed E-state index contributed by atoms with van der Waals surface area (Å²) >= 11 is 15.7. The summed E-state index contributed by atoms with van der Waals surface area (Å²) < 4.78 is 0.419. The van der Waals surface area contributed by atoms with Gasteiger partial charge in [-0.3, -0.25) is 4.23 Å². The summed E-state index contributed by atoms with van der Waals surface area (Å²) in [5, 5.41) is 0. The third-order valence-electron chi connectivity index (χ3n) is 0.928. The molecule has 0 saturated heterocycles. The molecule has 0 bridgehead atoms. The molecule has 68 valence electrons. The number of nitrogens with zero attached hydrogens (tertiary/aromatic N) is 1. The Morgan fingerprint density at radius 1 is 0.909 bits per heavy atom. The van der Waals surface area contributed by atoms with E-state index in [0.29, 0.717) is 0 Å². The number of hydrogen-bond donors (Lipinski definition) is 0. The van der Waals surface area contributed by atoms with Crippen LogP contribution in [0.3, 0.4) is 0 Å². The van der Waals surface area contributed by atoms with Crippen LogP contribution in [0.4, 0.5) is 0 Å². The lowest BCUT2D eigenvalue weighted by Crippen LogP contribution is -2.49. The Bertz CT molecular complexity index is 114. The maximum Gasteiger partial charge on any atom is 0.324 e. The molecule has 0 amide bonds. The van der Waals surface area contributed by atoms with Gasteiger partial charge in [0.25, 0.3) is 0 Å². The Morgan fingerprint density at radius 2 is 1.18 bits per heavy atom. The highest BCUT2D eigenvalue weighted by Crippen LogP contribution is 2.44. The molecular weight excluding hydrogens is 856 g/mol. The van der Waals surface area contributed by atoms with Gasteiger partial charge in [-0.1, -0.05) is 138 Å². The highest BCUT2D eigenvalue weighted by Gasteiger charge is 2.43. The van der Waals surface area contributed by atoms with Crippen molar-refractivity contribution in [3.8, 4) is 0 Å². The zero-order chi connectivity index (χ0) is 9.28. The van der Waals surface area contributed by atoms with Crippen LogP contribution >= 0.6 is 131 Å². The fraction of sp³-hybridized carbons (Fsp3) is 1.00. The minimum atomic E-state index is -1.14. The van der Waals surface area contributed by atoms with Crippen molar-refractivity contribution in [2.24, 2.45) is 0 Å². The zero-order valence-corrected chi connectivity index (χ0v) is 20.4. The first-order valence-electron chi connectivity index (χ1n) is 2.60. The normalized spacial score (nSPS) is 14.2. The largest absolute Gasteiger partial charge is 0.324 e. The van der Waals surface area contributed by atoms with E-state index in [1.165, 1.54) is 6.54 Å². The van der Waals surface area contributed by atoms with Crippen LogP contribution in [-0.2, 0) is 0 Å². The molecule has 0 N–H and O–H groups in total. The van der Waals surface area contributed by atoms with Crippen molar-refractivity contribution in [1.29, 1.82) is 0 Å². The van der Waals surface area contributed by atoms with Crippen LogP contribution in [0.15, 0.2) is 0 Å². The van der Waals surface area contributed by atoms with Crippen LogP contribution in [0, 0.1) is 0 Å². The third kappa shape index (κ3) is 6.84. The molecule has 0 heterocycles. The second-order valence-corrected chi connectivity index (χ2v) is 70.3. The third-order valence-corrected chi connectivity index (χ3v) is 23.5. The van der Waals surface area contributed by atoms with E-state index in [2.05, 4.69) is 142 Å². The van der Waals surface area contributed by atoms with E-state index in [1.807, 2.05) is 0 Å². The van der Waals surface area contributed by atoms with Crippen molar-refractivity contribution in [2.75, 3.05) is 6.54 Å². The van der Waals surface area contributed by atoms with Crippen LogP contribution < -0.4 is 0 Å². The first kappa shape index (κ1) is 15.8. The lowest BCUT2D eigenvalue weighted by molar-refractivity contribution is 0.735. The molecule has 0 radical (unpaired) electrons. The highest BCUT2D eigenvalue weighted by atomic mass is 127. The summed E-state index contributed by atoms with van der Waals surface area (Å²) in [7, 11) is 0. The van der Waals surface area contributed by atoms with E-state index in [0.717, 1.165) is 0 Å². The van der Waals surface area contributed by atoms with Crippen molar-refractivity contribution >= 4 is 132 Å². The molecule has 0 aromatic rings. The minimum absolute atomic E-state index is 1.14. The van der Waals surface area contributed by atoms with Gasteiger partial charge in [-0.2, -0.15) is 0 Å². The maximum absolute atomic E-state index is 2.70. The van der Waals surface area contributed by atoms with Gasteiger partial charge in [0.1, 0.15) is 0 Å². The minimum Gasteiger partial charge on any atom is -0.299 e. The van der Waals surface area contributed by atoms with E-state index in [4.69, 9.17) is 0 Å². The molecule has 0 unspecified atom stereocenters. The van der Waals surface area contributed by atoms with Gasteiger partial charge in [0.15, 0.2) is 0 Å². The molecule has 9 heteroatoms. The fourth-order valence-electron chi connectivity index (χ4n) is 0.502. The Kier molecular flexibility index (Phi) is 9.31. The van der Waals surface area contributed by atoms with Gasteiger partial charge in [-0.05, 0) is 6.54 Å². The van der Waals surface area contributed by atoms with E-state index < -0.39 is 1.45 Å². The smallest absolute Gasteiger partial charge is 0.299 e. The van der Waals surface area contributed by atoms with Gasteiger partial charge in [0.05, 0.1) is 0 Å². The van der Waals surface area contributed by atoms with Crippen molar-refractivity contribution in [1.82, 2.24) is 4.23 Å². The monoisotopic (exact) mass is 860 g/mol. The van der Waals surface area contributed by atoms with Crippen LogP contribution in [0.1, 0.15) is 6.92 Å². The predicted molar refractivity (Wildman–Crippen MR) is 108 cm³/mol. The molecule has 0 aromatic heterocycles. The number of rotatable bonds is 3. The summed E-state index contributed by atoms with van der Waals surface area (Å²) in [5.41, 5.74) is 0. The standard InChI is InChI=1S/C2H5I6NSi2/c1-2-9(10(3,4)5)11(6,7)8/h2H2,1H3. The molecular formula is C2H5I6NSi2. The second kappa shape index (κ2) is 6.49. The molecule has 0 aromatic carbocycles. The summed E-state index contributed by atoms with van der Waals surface area (Å²) in [6.07, 6.45) is 0. The summed E-state index contributed by atoms with van der Waals surface area (Å²) in [4.78, 5) is 0. The topological polar surface area (TPSA) is 3.24 Å². The lowest BCUT2D eigenvalue weighted by atomic mass is 10.8. The van der Waals surface area contributed by atoms with Gasteiger partial charge in [-0.25, -0.2) is 0 Å². The van der Waals surface area contributed by atoms with E-state index >= 15 is 0 Å². The van der Waals surface area contributed by atoms with Gasteiger partial charge in [0, 0.05) is 0 Å². The number of hydrogen-bond acceptors (Lipinski definition) is 1. The van der Waals surface area contributed by atoms with E-state index in [1.54, 1.807) is 0 Å². The highest BCUT2D eigenvalue weighted by molar-refractivity contribution is 14.4. The summed E-state index contributed by atoms with van der Waals surface area (Å²) in [6, 6.07) is 0. The molecule has 1 nitrogen and oxygen atoms in total. The Labute approximate surface area is 146 Å². The van der Waals surface area contributed by atoms with Crippen molar-refractivity contribution in [3.05, 3.63) is 0 Å². The SMILES string of the molecule is CCN([Si](I)(I)I)[Si](I)(I)I. The molecule has 11 heavy (non-hydrogen) atoms. The first-order chi connectivity index (χ1) is 4.69. The average Bonchev–Trinajstić information content (AvgIpc) is 1.56. The van der Waals surface area contributed by atoms with Gasteiger partial charge >= 0.3 is 1.45 Å². The van der Waals surface area contributed by atoms with E-state index in [9.17, 15) is 0 Å².